The van der Waals surface area contributed by atoms with Crippen LogP contribution in [-0.4, -0.2) is 16.1 Å². The number of aromatic nitrogens is 1. The average Bonchev–Trinajstić information content (AvgIpc) is 3.23. The van der Waals surface area contributed by atoms with Crippen LogP contribution in [0.4, 0.5) is 17.6 Å². The maximum absolute atomic E-state index is 14.2. The van der Waals surface area contributed by atoms with Gasteiger partial charge in [0.2, 0.25) is 5.89 Å². The lowest BCUT2D eigenvalue weighted by Gasteiger charge is -2.11. The van der Waals surface area contributed by atoms with E-state index in [0.717, 1.165) is 12.1 Å². The monoisotopic (exact) mass is 395 g/mol. The van der Waals surface area contributed by atoms with Crippen LogP contribution in [0.25, 0.3) is 11.1 Å². The van der Waals surface area contributed by atoms with Gasteiger partial charge >= 0.3 is 12.1 Å². The van der Waals surface area contributed by atoms with E-state index in [1.165, 1.54) is 24.3 Å². The number of halogens is 4. The number of benzene rings is 2. The third kappa shape index (κ3) is 3.28. The minimum absolute atomic E-state index is 0.0609. The number of ether oxygens (including phenoxy) is 1. The molecule has 2 aromatic carbocycles. The molecule has 146 valence electrons. The topological polar surface area (TPSA) is 72.6 Å². The summed E-state index contributed by atoms with van der Waals surface area (Å²) in [5, 5.41) is 9.39. The summed E-state index contributed by atoms with van der Waals surface area (Å²) in [6.45, 7) is -0.194. The maximum atomic E-state index is 14.2. The summed E-state index contributed by atoms with van der Waals surface area (Å²) in [6.07, 6.45) is -3.91. The molecule has 1 saturated carbocycles. The van der Waals surface area contributed by atoms with E-state index in [0.29, 0.717) is 5.56 Å². The van der Waals surface area contributed by atoms with E-state index in [2.05, 4.69) is 4.98 Å². The molecular weight excluding hydrogens is 382 g/mol. The van der Waals surface area contributed by atoms with Crippen LogP contribution in [-0.2, 0) is 18.5 Å². The molecule has 0 spiro atoms. The molecule has 0 aliphatic heterocycles. The summed E-state index contributed by atoms with van der Waals surface area (Å²) in [5.41, 5.74) is -2.02. The number of alkyl halides is 4. The molecule has 1 fully saturated rings. The minimum atomic E-state index is -4.45. The maximum Gasteiger partial charge on any atom is 0.416 e. The van der Waals surface area contributed by atoms with E-state index in [4.69, 9.17) is 9.15 Å². The first-order valence-electron chi connectivity index (χ1n) is 8.32. The van der Waals surface area contributed by atoms with Crippen LogP contribution < -0.4 is 4.74 Å². The molecule has 1 heterocycles. The summed E-state index contributed by atoms with van der Waals surface area (Å²) in [7, 11) is 0. The predicted molar refractivity (Wildman–Crippen MR) is 88.8 cm³/mol. The summed E-state index contributed by atoms with van der Waals surface area (Å²) in [4.78, 5) is 15.6. The molecule has 3 aromatic rings. The normalized spacial score (nSPS) is 15.6. The van der Waals surface area contributed by atoms with Crippen molar-refractivity contribution in [2.75, 3.05) is 0 Å². The van der Waals surface area contributed by atoms with Crippen molar-refractivity contribution in [1.29, 1.82) is 0 Å². The molecule has 1 aliphatic carbocycles. The van der Waals surface area contributed by atoms with Crippen LogP contribution in [0, 0.1) is 0 Å². The number of aromatic carboxylic acids is 1. The molecule has 0 amide bonds. The van der Waals surface area contributed by atoms with E-state index in [1.54, 1.807) is 0 Å². The standard InChI is InChI=1S/C19H13F4NO4/c20-18(7-8-18)17-24-14-13(28-17)6-5-12(16(25)26)15(14)27-9-10-1-3-11(4-2-10)19(21,22)23/h1-6H,7-9H2,(H,25,26). The second kappa shape index (κ2) is 6.22. The summed E-state index contributed by atoms with van der Waals surface area (Å²) < 4.78 is 63.1. The van der Waals surface area contributed by atoms with E-state index in [1.807, 2.05) is 0 Å². The Morgan fingerprint density at radius 1 is 1.18 bits per heavy atom. The molecular formula is C19H13F4NO4. The fourth-order valence-corrected chi connectivity index (χ4v) is 2.75. The van der Waals surface area contributed by atoms with E-state index in [-0.39, 0.29) is 47.8 Å². The number of nitrogens with zero attached hydrogens (tertiary/aromatic N) is 1. The van der Waals surface area contributed by atoms with Crippen molar-refractivity contribution in [2.45, 2.75) is 31.3 Å². The van der Waals surface area contributed by atoms with Crippen molar-refractivity contribution in [3.05, 3.63) is 59.0 Å². The number of oxazole rings is 1. The molecule has 0 bridgehead atoms. The fourth-order valence-electron chi connectivity index (χ4n) is 2.75. The Labute approximate surface area is 155 Å². The Morgan fingerprint density at radius 3 is 2.43 bits per heavy atom. The number of hydrogen-bond acceptors (Lipinski definition) is 4. The molecule has 0 unspecified atom stereocenters. The molecule has 0 saturated heterocycles. The first-order valence-corrected chi connectivity index (χ1v) is 8.32. The Hall–Kier alpha value is -3.10. The SMILES string of the molecule is O=C(O)c1ccc2oc(C3(F)CC3)nc2c1OCc1ccc(C(F)(F)F)cc1. The Morgan fingerprint density at radius 2 is 1.86 bits per heavy atom. The number of rotatable bonds is 5. The van der Waals surface area contributed by atoms with E-state index >= 15 is 0 Å². The first-order chi connectivity index (χ1) is 13.2. The molecule has 1 aliphatic rings. The van der Waals surface area contributed by atoms with Gasteiger partial charge in [-0.25, -0.2) is 14.2 Å². The Kier molecular flexibility index (Phi) is 4.06. The van der Waals surface area contributed by atoms with Gasteiger partial charge in [-0.3, -0.25) is 0 Å². The van der Waals surface area contributed by atoms with Crippen molar-refractivity contribution in [1.82, 2.24) is 4.98 Å². The number of carbonyl (C=O) groups is 1. The van der Waals surface area contributed by atoms with Crippen LogP contribution >= 0.6 is 0 Å². The third-order valence-corrected chi connectivity index (χ3v) is 4.48. The smallest absolute Gasteiger partial charge is 0.416 e. The molecule has 28 heavy (non-hydrogen) atoms. The fraction of sp³-hybridized carbons (Fsp3) is 0.263. The van der Waals surface area contributed by atoms with Gasteiger partial charge in [-0.15, -0.1) is 0 Å². The minimum Gasteiger partial charge on any atom is -0.486 e. The lowest BCUT2D eigenvalue weighted by atomic mass is 10.1. The number of carboxylic acid groups (broad SMARTS) is 1. The van der Waals surface area contributed by atoms with Crippen molar-refractivity contribution in [2.24, 2.45) is 0 Å². The highest BCUT2D eigenvalue weighted by atomic mass is 19.4. The molecule has 1 aromatic heterocycles. The van der Waals surface area contributed by atoms with Crippen LogP contribution in [0.1, 0.15) is 40.2 Å². The largest absolute Gasteiger partial charge is 0.486 e. The Balaban J connectivity index is 1.65. The zero-order valence-electron chi connectivity index (χ0n) is 14.2. The second-order valence-electron chi connectivity index (χ2n) is 6.56. The zero-order chi connectivity index (χ0) is 20.1. The molecule has 0 atom stereocenters. The number of hydrogen-bond donors (Lipinski definition) is 1. The summed E-state index contributed by atoms with van der Waals surface area (Å²) in [6, 6.07) is 6.90. The Bertz CT molecular complexity index is 1050. The molecule has 4 rings (SSSR count). The van der Waals surface area contributed by atoms with Crippen LogP contribution in [0.5, 0.6) is 5.75 Å². The molecule has 5 nitrogen and oxygen atoms in total. The highest BCUT2D eigenvalue weighted by Gasteiger charge is 2.50. The van der Waals surface area contributed by atoms with Gasteiger partial charge in [-0.05, 0) is 42.7 Å². The van der Waals surface area contributed by atoms with Gasteiger partial charge in [-0.2, -0.15) is 13.2 Å². The molecule has 0 radical (unpaired) electrons. The second-order valence-corrected chi connectivity index (χ2v) is 6.56. The van der Waals surface area contributed by atoms with Crippen molar-refractivity contribution in [3.8, 4) is 5.75 Å². The summed E-state index contributed by atoms with van der Waals surface area (Å²) >= 11 is 0. The van der Waals surface area contributed by atoms with Gasteiger partial charge in [0, 0.05) is 0 Å². The van der Waals surface area contributed by atoms with Gasteiger partial charge in [0.05, 0.1) is 5.56 Å². The van der Waals surface area contributed by atoms with Crippen molar-refractivity contribution >= 4 is 17.1 Å². The molecule has 9 heteroatoms. The summed E-state index contributed by atoms with van der Waals surface area (Å²) in [5.74, 6) is -1.54. The van der Waals surface area contributed by atoms with Gasteiger partial charge in [0.15, 0.2) is 22.5 Å². The van der Waals surface area contributed by atoms with E-state index < -0.39 is 23.4 Å². The number of carboxylic acids is 1. The lowest BCUT2D eigenvalue weighted by Crippen LogP contribution is -2.06. The van der Waals surface area contributed by atoms with Gasteiger partial charge < -0.3 is 14.3 Å². The van der Waals surface area contributed by atoms with Crippen LogP contribution in [0.15, 0.2) is 40.8 Å². The van der Waals surface area contributed by atoms with Gasteiger partial charge in [0.1, 0.15) is 12.2 Å². The quantitative estimate of drug-likeness (QED) is 0.610. The third-order valence-electron chi connectivity index (χ3n) is 4.48. The first kappa shape index (κ1) is 18.3. The van der Waals surface area contributed by atoms with Crippen molar-refractivity contribution in [3.63, 3.8) is 0 Å². The van der Waals surface area contributed by atoms with Gasteiger partial charge in [0.25, 0.3) is 0 Å². The average molecular weight is 395 g/mol. The highest BCUT2D eigenvalue weighted by Crippen LogP contribution is 2.50. The molecule has 1 N–H and O–H groups in total. The van der Waals surface area contributed by atoms with E-state index in [9.17, 15) is 27.5 Å². The lowest BCUT2D eigenvalue weighted by molar-refractivity contribution is -0.137. The van der Waals surface area contributed by atoms with Crippen molar-refractivity contribution < 1.29 is 36.6 Å². The zero-order valence-corrected chi connectivity index (χ0v) is 14.2. The number of fused-ring (bicyclic) bond motifs is 1. The van der Waals surface area contributed by atoms with Gasteiger partial charge in [-0.1, -0.05) is 12.1 Å². The van der Waals surface area contributed by atoms with Crippen LogP contribution in [0.3, 0.4) is 0 Å². The highest BCUT2D eigenvalue weighted by molar-refractivity contribution is 5.97. The predicted octanol–water partition coefficient (Wildman–Crippen LogP) is 5.08. The van der Waals surface area contributed by atoms with Crippen LogP contribution in [0.2, 0.25) is 0 Å².